The van der Waals surface area contributed by atoms with E-state index in [0.29, 0.717) is 0 Å². The van der Waals surface area contributed by atoms with Crippen molar-refractivity contribution in [2.24, 2.45) is 0 Å². The van der Waals surface area contributed by atoms with Crippen LogP contribution >= 0.6 is 0 Å². The summed E-state index contributed by atoms with van der Waals surface area (Å²) < 4.78 is 40.8. The predicted molar refractivity (Wildman–Crippen MR) is 111 cm³/mol. The maximum atomic E-state index is 14.0. The fourth-order valence-corrected chi connectivity index (χ4v) is 4.15. The number of sulfonamides is 1. The van der Waals surface area contributed by atoms with E-state index in [2.05, 4.69) is 5.32 Å². The van der Waals surface area contributed by atoms with Crippen molar-refractivity contribution in [3.63, 3.8) is 0 Å². The summed E-state index contributed by atoms with van der Waals surface area (Å²) in [5.41, 5.74) is 1.07. The van der Waals surface area contributed by atoms with E-state index in [9.17, 15) is 17.6 Å². The Morgan fingerprint density at radius 2 is 1.62 bits per heavy atom. The van der Waals surface area contributed by atoms with Crippen molar-refractivity contribution in [3.8, 4) is 0 Å². The lowest BCUT2D eigenvalue weighted by Crippen LogP contribution is -2.29. The molecule has 0 aliphatic heterocycles. The van der Waals surface area contributed by atoms with Crippen LogP contribution in [0.5, 0.6) is 0 Å². The molecule has 0 spiro atoms. The first-order chi connectivity index (χ1) is 13.8. The zero-order chi connectivity index (χ0) is 21.0. The van der Waals surface area contributed by atoms with Gasteiger partial charge in [-0.2, -0.15) is 0 Å². The van der Waals surface area contributed by atoms with Gasteiger partial charge in [0.05, 0.1) is 16.6 Å². The second kappa shape index (κ2) is 8.45. The first kappa shape index (κ1) is 20.5. The molecule has 1 N–H and O–H groups in total. The number of hydrogen-bond acceptors (Lipinski definition) is 3. The fourth-order valence-electron chi connectivity index (χ4n) is 2.90. The van der Waals surface area contributed by atoms with Gasteiger partial charge in [0.25, 0.3) is 15.9 Å². The van der Waals surface area contributed by atoms with E-state index in [1.165, 1.54) is 49.5 Å². The number of halogens is 1. The molecule has 29 heavy (non-hydrogen) atoms. The minimum absolute atomic E-state index is 0.0694. The van der Waals surface area contributed by atoms with Gasteiger partial charge in [-0.15, -0.1) is 0 Å². The molecule has 0 heterocycles. The molecule has 1 amide bonds. The minimum atomic E-state index is -4.04. The highest BCUT2D eigenvalue weighted by Gasteiger charge is 2.24. The molecular weight excluding hydrogens is 391 g/mol. The van der Waals surface area contributed by atoms with Gasteiger partial charge >= 0.3 is 0 Å². The van der Waals surface area contributed by atoms with Gasteiger partial charge in [0, 0.05) is 12.6 Å². The van der Waals surface area contributed by atoms with E-state index < -0.39 is 21.7 Å². The molecule has 0 fully saturated rings. The summed E-state index contributed by atoms with van der Waals surface area (Å²) in [6, 6.07) is 20.5. The Balaban J connectivity index is 1.85. The van der Waals surface area contributed by atoms with Crippen LogP contribution in [0.15, 0.2) is 83.8 Å². The molecule has 0 aliphatic carbocycles. The van der Waals surface area contributed by atoms with Crippen LogP contribution in [0.1, 0.15) is 28.9 Å². The number of nitrogens with one attached hydrogen (secondary N) is 1. The van der Waals surface area contributed by atoms with Gasteiger partial charge in [0.1, 0.15) is 5.82 Å². The van der Waals surface area contributed by atoms with Crippen LogP contribution in [-0.2, 0) is 10.0 Å². The first-order valence-corrected chi connectivity index (χ1v) is 10.4. The lowest BCUT2D eigenvalue weighted by Gasteiger charge is -2.20. The number of carbonyl (C=O) groups is 1. The van der Waals surface area contributed by atoms with Crippen LogP contribution in [0, 0.1) is 5.82 Å². The van der Waals surface area contributed by atoms with Crippen molar-refractivity contribution >= 4 is 21.6 Å². The van der Waals surface area contributed by atoms with Crippen molar-refractivity contribution in [1.29, 1.82) is 0 Å². The topological polar surface area (TPSA) is 66.5 Å². The second-order valence-electron chi connectivity index (χ2n) is 6.56. The van der Waals surface area contributed by atoms with Crippen LogP contribution in [0.3, 0.4) is 0 Å². The lowest BCUT2D eigenvalue weighted by atomic mass is 10.1. The Morgan fingerprint density at radius 3 is 2.31 bits per heavy atom. The number of nitrogens with zero attached hydrogens (tertiary/aromatic N) is 1. The molecule has 0 aromatic heterocycles. The number of benzene rings is 3. The third-order valence-corrected chi connectivity index (χ3v) is 6.36. The highest BCUT2D eigenvalue weighted by molar-refractivity contribution is 7.92. The number of amides is 1. The number of carbonyl (C=O) groups excluding carboxylic acids is 1. The smallest absolute Gasteiger partial charge is 0.264 e. The first-order valence-electron chi connectivity index (χ1n) is 9.00. The Morgan fingerprint density at radius 1 is 0.966 bits per heavy atom. The number of anilines is 1. The summed E-state index contributed by atoms with van der Waals surface area (Å²) in [4.78, 5) is 12.5. The molecule has 5 nitrogen and oxygen atoms in total. The van der Waals surface area contributed by atoms with Gasteiger partial charge in [-0.1, -0.05) is 48.5 Å². The molecule has 0 saturated carbocycles. The molecule has 0 bridgehead atoms. The largest absolute Gasteiger partial charge is 0.346 e. The molecule has 0 unspecified atom stereocenters. The van der Waals surface area contributed by atoms with Gasteiger partial charge < -0.3 is 5.32 Å². The van der Waals surface area contributed by atoms with Gasteiger partial charge in [-0.3, -0.25) is 9.10 Å². The van der Waals surface area contributed by atoms with Gasteiger partial charge in [0.2, 0.25) is 0 Å². The molecule has 150 valence electrons. The van der Waals surface area contributed by atoms with Gasteiger partial charge in [-0.25, -0.2) is 12.8 Å². The maximum absolute atomic E-state index is 14.0. The van der Waals surface area contributed by atoms with Gasteiger partial charge in [-0.05, 0) is 42.8 Å². The average Bonchev–Trinajstić information content (AvgIpc) is 2.74. The average molecular weight is 412 g/mol. The van der Waals surface area contributed by atoms with Crippen LogP contribution < -0.4 is 9.62 Å². The second-order valence-corrected chi connectivity index (χ2v) is 8.53. The Labute approximate surface area is 169 Å². The number of para-hydroxylation sites is 1. The van der Waals surface area contributed by atoms with E-state index in [4.69, 9.17) is 0 Å². The van der Waals surface area contributed by atoms with Gasteiger partial charge in [0.15, 0.2) is 0 Å². The van der Waals surface area contributed by atoms with E-state index in [0.717, 1.165) is 9.87 Å². The Bertz CT molecular complexity index is 1120. The third-order valence-electron chi connectivity index (χ3n) is 4.59. The minimum Gasteiger partial charge on any atom is -0.346 e. The van der Waals surface area contributed by atoms with Crippen molar-refractivity contribution in [2.45, 2.75) is 17.9 Å². The normalized spacial score (nSPS) is 12.2. The molecule has 3 aromatic rings. The molecule has 1 atom stereocenters. The van der Waals surface area contributed by atoms with Crippen LogP contribution in [0.25, 0.3) is 0 Å². The monoisotopic (exact) mass is 412 g/mol. The summed E-state index contributed by atoms with van der Waals surface area (Å²) in [6.07, 6.45) is 0. The van der Waals surface area contributed by atoms with Crippen molar-refractivity contribution in [2.75, 3.05) is 11.4 Å². The van der Waals surface area contributed by atoms with Crippen LogP contribution in [0.2, 0.25) is 0 Å². The van der Waals surface area contributed by atoms with E-state index in [1.807, 2.05) is 37.3 Å². The van der Waals surface area contributed by atoms with Crippen molar-refractivity contribution < 1.29 is 17.6 Å². The molecule has 0 saturated heterocycles. The number of hydrogen-bond donors (Lipinski definition) is 1. The third kappa shape index (κ3) is 4.46. The molecule has 7 heteroatoms. The van der Waals surface area contributed by atoms with Crippen LogP contribution in [0.4, 0.5) is 10.1 Å². The molecule has 3 rings (SSSR count). The molecule has 0 radical (unpaired) electrons. The Kier molecular flexibility index (Phi) is 5.98. The van der Waals surface area contributed by atoms with E-state index in [-0.39, 0.29) is 22.2 Å². The summed E-state index contributed by atoms with van der Waals surface area (Å²) in [7, 11) is -2.76. The molecule has 3 aromatic carbocycles. The van der Waals surface area contributed by atoms with Crippen molar-refractivity contribution in [1.82, 2.24) is 5.32 Å². The van der Waals surface area contributed by atoms with Crippen molar-refractivity contribution in [3.05, 3.63) is 95.8 Å². The number of rotatable bonds is 6. The predicted octanol–water partition coefficient (Wildman–Crippen LogP) is 4.14. The summed E-state index contributed by atoms with van der Waals surface area (Å²) >= 11 is 0. The quantitative estimate of drug-likeness (QED) is 0.662. The summed E-state index contributed by atoms with van der Waals surface area (Å²) in [5.74, 6) is -1.05. The SMILES string of the molecule is C[C@@H](NC(=O)c1cccc(S(=O)(=O)N(C)c2ccccc2F)c1)c1ccccc1. The summed E-state index contributed by atoms with van der Waals surface area (Å²) in [5, 5.41) is 2.85. The van der Waals surface area contributed by atoms with E-state index >= 15 is 0 Å². The zero-order valence-electron chi connectivity index (χ0n) is 16.0. The fraction of sp³-hybridized carbons (Fsp3) is 0.136. The maximum Gasteiger partial charge on any atom is 0.264 e. The lowest BCUT2D eigenvalue weighted by molar-refractivity contribution is 0.0939. The highest BCUT2D eigenvalue weighted by atomic mass is 32.2. The van der Waals surface area contributed by atoms with E-state index in [1.54, 1.807) is 6.07 Å². The summed E-state index contributed by atoms with van der Waals surface area (Å²) in [6.45, 7) is 1.85. The zero-order valence-corrected chi connectivity index (χ0v) is 16.9. The highest BCUT2D eigenvalue weighted by Crippen LogP contribution is 2.25. The molecular formula is C22H21FN2O3S. The standard InChI is InChI=1S/C22H21FN2O3S/c1-16(17-9-4-3-5-10-17)24-22(26)18-11-8-12-19(15-18)29(27,28)25(2)21-14-7-6-13-20(21)23/h3-16H,1-2H3,(H,24,26)/t16-/m1/s1. The van der Waals surface area contributed by atoms with Crippen LogP contribution in [-0.4, -0.2) is 21.4 Å². The Hall–Kier alpha value is -3.19. The molecule has 0 aliphatic rings.